The number of hydrogen-bond acceptors (Lipinski definition) is 5. The van der Waals surface area contributed by atoms with Crippen LogP contribution < -0.4 is 5.32 Å². The van der Waals surface area contributed by atoms with E-state index >= 15 is 0 Å². The van der Waals surface area contributed by atoms with Crippen LogP contribution in [0.2, 0.25) is 0 Å². The second-order valence-electron chi connectivity index (χ2n) is 5.66. The van der Waals surface area contributed by atoms with Gasteiger partial charge < -0.3 is 10.1 Å². The van der Waals surface area contributed by atoms with Gasteiger partial charge in [0.25, 0.3) is 0 Å². The molecule has 1 aliphatic heterocycles. The zero-order valence-electron chi connectivity index (χ0n) is 13.0. The van der Waals surface area contributed by atoms with Crippen molar-refractivity contribution in [2.75, 3.05) is 6.61 Å². The minimum absolute atomic E-state index is 0.0970. The SMILES string of the molecule is Cc1csc(CN[C@H]2CCO[C@@H]2c2c(C)nn(C)c2C)n1. The number of aryl methyl sites for hydroxylation is 3. The van der Waals surface area contributed by atoms with Gasteiger partial charge in [-0.25, -0.2) is 4.98 Å². The van der Waals surface area contributed by atoms with Crippen LogP contribution in [-0.4, -0.2) is 27.4 Å². The molecule has 1 N–H and O–H groups in total. The van der Waals surface area contributed by atoms with E-state index in [0.717, 1.165) is 36.0 Å². The third-order valence-corrected chi connectivity index (χ3v) is 5.09. The lowest BCUT2D eigenvalue weighted by Crippen LogP contribution is -2.31. The van der Waals surface area contributed by atoms with Gasteiger partial charge in [-0.1, -0.05) is 0 Å². The Morgan fingerprint density at radius 3 is 2.86 bits per heavy atom. The van der Waals surface area contributed by atoms with E-state index in [9.17, 15) is 0 Å². The number of aromatic nitrogens is 3. The number of hydrogen-bond donors (Lipinski definition) is 1. The summed E-state index contributed by atoms with van der Waals surface area (Å²) < 4.78 is 7.93. The van der Waals surface area contributed by atoms with Crippen molar-refractivity contribution in [2.45, 2.75) is 45.9 Å². The largest absolute Gasteiger partial charge is 0.372 e. The highest BCUT2D eigenvalue weighted by molar-refractivity contribution is 7.09. The first kappa shape index (κ1) is 14.7. The summed E-state index contributed by atoms with van der Waals surface area (Å²) in [7, 11) is 1.99. The summed E-state index contributed by atoms with van der Waals surface area (Å²) in [4.78, 5) is 4.51. The zero-order valence-corrected chi connectivity index (χ0v) is 13.8. The standard InChI is InChI=1S/C15H22N4OS/c1-9-8-21-13(17-9)7-16-12-5-6-20-15(12)14-10(2)18-19(4)11(14)3/h8,12,15-16H,5-7H2,1-4H3/t12-,15-/m0/s1. The summed E-state index contributed by atoms with van der Waals surface area (Å²) in [6, 6.07) is 0.329. The smallest absolute Gasteiger partial charge is 0.107 e. The predicted molar refractivity (Wildman–Crippen MR) is 83.5 cm³/mol. The Hall–Kier alpha value is -1.24. The van der Waals surface area contributed by atoms with Gasteiger partial charge in [0.2, 0.25) is 0 Å². The van der Waals surface area contributed by atoms with Crippen molar-refractivity contribution in [3.05, 3.63) is 33.0 Å². The van der Waals surface area contributed by atoms with Crippen molar-refractivity contribution in [3.8, 4) is 0 Å². The Morgan fingerprint density at radius 1 is 1.43 bits per heavy atom. The summed E-state index contributed by atoms with van der Waals surface area (Å²) in [6.45, 7) is 7.81. The third kappa shape index (κ3) is 2.88. The summed E-state index contributed by atoms with van der Waals surface area (Å²) >= 11 is 1.71. The van der Waals surface area contributed by atoms with Crippen LogP contribution in [-0.2, 0) is 18.3 Å². The molecule has 0 amide bonds. The first-order valence-electron chi connectivity index (χ1n) is 7.32. The highest BCUT2D eigenvalue weighted by Gasteiger charge is 2.33. The molecule has 6 heteroatoms. The fraction of sp³-hybridized carbons (Fsp3) is 0.600. The van der Waals surface area contributed by atoms with Crippen molar-refractivity contribution in [3.63, 3.8) is 0 Å². The van der Waals surface area contributed by atoms with E-state index in [4.69, 9.17) is 4.74 Å². The predicted octanol–water partition coefficient (Wildman–Crippen LogP) is 2.42. The molecule has 3 heterocycles. The van der Waals surface area contributed by atoms with E-state index in [1.807, 2.05) is 18.7 Å². The maximum absolute atomic E-state index is 5.99. The van der Waals surface area contributed by atoms with Crippen LogP contribution in [0.3, 0.4) is 0 Å². The van der Waals surface area contributed by atoms with Crippen LogP contribution in [0.1, 0.15) is 40.2 Å². The molecule has 114 valence electrons. The summed E-state index contributed by atoms with van der Waals surface area (Å²) in [5.74, 6) is 0. The fourth-order valence-corrected chi connectivity index (χ4v) is 3.71. The Kier molecular flexibility index (Phi) is 4.10. The molecule has 2 aromatic heterocycles. The molecule has 0 saturated carbocycles. The lowest BCUT2D eigenvalue weighted by atomic mass is 10.0. The van der Waals surface area contributed by atoms with Crippen LogP contribution >= 0.6 is 11.3 Å². The topological polar surface area (TPSA) is 52.0 Å². The van der Waals surface area contributed by atoms with Crippen LogP contribution in [0.15, 0.2) is 5.38 Å². The van der Waals surface area contributed by atoms with Crippen molar-refractivity contribution in [1.29, 1.82) is 0 Å². The van der Waals surface area contributed by atoms with E-state index in [1.54, 1.807) is 11.3 Å². The number of thiazole rings is 1. The number of ether oxygens (including phenoxy) is 1. The normalized spacial score (nSPS) is 22.1. The Labute approximate surface area is 129 Å². The van der Waals surface area contributed by atoms with Gasteiger partial charge in [-0.2, -0.15) is 5.10 Å². The van der Waals surface area contributed by atoms with Crippen LogP contribution in [0.4, 0.5) is 0 Å². The molecule has 2 aromatic rings. The van der Waals surface area contributed by atoms with E-state index in [-0.39, 0.29) is 6.10 Å². The van der Waals surface area contributed by atoms with Gasteiger partial charge in [-0.15, -0.1) is 11.3 Å². The minimum Gasteiger partial charge on any atom is -0.372 e. The van der Waals surface area contributed by atoms with Gasteiger partial charge in [0.15, 0.2) is 0 Å². The van der Waals surface area contributed by atoms with E-state index in [0.29, 0.717) is 6.04 Å². The number of nitrogens with one attached hydrogen (secondary N) is 1. The third-order valence-electron chi connectivity index (χ3n) is 4.12. The minimum atomic E-state index is 0.0970. The molecule has 0 bridgehead atoms. The molecule has 1 fully saturated rings. The quantitative estimate of drug-likeness (QED) is 0.942. The molecular weight excluding hydrogens is 284 g/mol. The average Bonchev–Trinajstić information content (AvgIpc) is 3.10. The van der Waals surface area contributed by atoms with Crippen LogP contribution in [0.25, 0.3) is 0 Å². The Morgan fingerprint density at radius 2 is 2.24 bits per heavy atom. The van der Waals surface area contributed by atoms with Gasteiger partial charge in [-0.3, -0.25) is 4.68 Å². The number of rotatable bonds is 4. The molecule has 0 unspecified atom stereocenters. The maximum atomic E-state index is 5.99. The lowest BCUT2D eigenvalue weighted by Gasteiger charge is -2.20. The van der Waals surface area contributed by atoms with Gasteiger partial charge in [0, 0.05) is 48.6 Å². The van der Waals surface area contributed by atoms with Gasteiger partial charge in [0.05, 0.1) is 5.69 Å². The summed E-state index contributed by atoms with van der Waals surface area (Å²) in [6.07, 6.45) is 1.13. The van der Waals surface area contributed by atoms with E-state index in [1.165, 1.54) is 11.3 Å². The number of nitrogens with zero attached hydrogens (tertiary/aromatic N) is 3. The van der Waals surface area contributed by atoms with Gasteiger partial charge in [0.1, 0.15) is 11.1 Å². The van der Waals surface area contributed by atoms with Crippen LogP contribution in [0.5, 0.6) is 0 Å². The molecule has 1 aliphatic rings. The Balaban J connectivity index is 1.73. The molecule has 3 rings (SSSR count). The highest BCUT2D eigenvalue weighted by atomic mass is 32.1. The van der Waals surface area contributed by atoms with Crippen molar-refractivity contribution in [2.24, 2.45) is 7.05 Å². The van der Waals surface area contributed by atoms with Gasteiger partial charge in [-0.05, 0) is 27.2 Å². The first-order chi connectivity index (χ1) is 10.1. The molecule has 0 aromatic carbocycles. The molecule has 0 radical (unpaired) electrons. The molecule has 5 nitrogen and oxygen atoms in total. The fourth-order valence-electron chi connectivity index (χ4n) is 2.99. The summed E-state index contributed by atoms with van der Waals surface area (Å²) in [5.41, 5.74) is 4.59. The second-order valence-corrected chi connectivity index (χ2v) is 6.60. The van der Waals surface area contributed by atoms with Crippen LogP contribution in [0, 0.1) is 20.8 Å². The second kappa shape index (κ2) is 5.87. The molecule has 2 atom stereocenters. The highest BCUT2D eigenvalue weighted by Crippen LogP contribution is 2.33. The molecule has 21 heavy (non-hydrogen) atoms. The average molecular weight is 306 g/mol. The zero-order chi connectivity index (χ0) is 15.0. The summed E-state index contributed by atoms with van der Waals surface area (Å²) in [5, 5.41) is 11.3. The Bertz CT molecular complexity index is 634. The lowest BCUT2D eigenvalue weighted by molar-refractivity contribution is 0.0974. The van der Waals surface area contributed by atoms with Crippen molar-refractivity contribution in [1.82, 2.24) is 20.1 Å². The maximum Gasteiger partial charge on any atom is 0.107 e. The van der Waals surface area contributed by atoms with Gasteiger partial charge >= 0.3 is 0 Å². The van der Waals surface area contributed by atoms with E-state index < -0.39 is 0 Å². The monoisotopic (exact) mass is 306 g/mol. The van der Waals surface area contributed by atoms with E-state index in [2.05, 4.69) is 34.6 Å². The van der Waals surface area contributed by atoms with Crippen molar-refractivity contribution < 1.29 is 4.74 Å². The first-order valence-corrected chi connectivity index (χ1v) is 8.20. The molecule has 0 aliphatic carbocycles. The molecule has 0 spiro atoms. The molecular formula is C15H22N4OS. The van der Waals surface area contributed by atoms with Crippen molar-refractivity contribution >= 4 is 11.3 Å². The molecule has 1 saturated heterocycles.